The molecule has 15 heteroatoms. The van der Waals surface area contributed by atoms with Gasteiger partial charge in [0.05, 0.1) is 20.4 Å². The van der Waals surface area contributed by atoms with Gasteiger partial charge in [-0.05, 0) is 35.7 Å². The van der Waals surface area contributed by atoms with E-state index < -0.39 is 61.9 Å². The highest BCUT2D eigenvalue weighted by Gasteiger charge is 2.19. The van der Waals surface area contributed by atoms with E-state index in [1.807, 2.05) is 0 Å². The van der Waals surface area contributed by atoms with Crippen molar-refractivity contribution in [3.63, 3.8) is 0 Å². The van der Waals surface area contributed by atoms with Crippen molar-refractivity contribution in [1.82, 2.24) is 0 Å². The summed E-state index contributed by atoms with van der Waals surface area (Å²) < 4.78 is 105. The maximum Gasteiger partial charge on any atom is 0.143 e. The van der Waals surface area contributed by atoms with Gasteiger partial charge in [-0.15, -0.1) is 10.2 Å². The molecule has 0 atom stereocenters. The Labute approximate surface area is 220 Å². The topological polar surface area (TPSA) is 217 Å². The number of hydrogen-bond donors (Lipinski definition) is 1. The molecule has 0 saturated carbocycles. The van der Waals surface area contributed by atoms with Crippen molar-refractivity contribution in [3.05, 3.63) is 82.9 Å². The Kier molecular flexibility index (Phi) is 9.20. The molecule has 0 saturated heterocycles. The standard InChI is InChI=1S/C20H14N2O10S3.3CH3/c23-16-7-5-11-9-12(33(24,25)26)10-18(35(30,31)32)19(11)20(16)22-21-15-6-8-17(34(27,28)29)14-4-2-1-3-13(14)15;;;/h1-10,23H,(H,24,25,26)(H,27,28,29)(H,30,31,32);3*1H3/q;3*+1/p-3. The number of hydrogen-bond acceptors (Lipinski definition) is 12. The maximum absolute atomic E-state index is 11.9. The van der Waals surface area contributed by atoms with Gasteiger partial charge >= 0.3 is 0 Å². The summed E-state index contributed by atoms with van der Waals surface area (Å²) in [6.45, 7) is 0. The molecule has 0 spiro atoms. The molecule has 0 amide bonds. The lowest BCUT2D eigenvalue weighted by Crippen LogP contribution is -2.05. The molecule has 200 valence electrons. The third-order valence-corrected chi connectivity index (χ3v) is 7.52. The molecule has 0 fully saturated rings. The number of phenols is 1. The van der Waals surface area contributed by atoms with E-state index in [1.54, 1.807) is 0 Å². The SMILES string of the molecule is O=S(=O)([O-])c1cc(S(=O)(=O)[O-])c2c(N=Nc3ccc(S(=O)(=O)[O-])c4ccccc34)c(O)ccc2c1.[CH3+].[CH3+].[CH3+]. The van der Waals surface area contributed by atoms with E-state index in [0.717, 1.165) is 30.3 Å². The van der Waals surface area contributed by atoms with Gasteiger partial charge in [-0.25, -0.2) is 25.3 Å². The first-order chi connectivity index (χ1) is 16.2. The first kappa shape index (κ1) is 32.2. The van der Waals surface area contributed by atoms with Crippen LogP contribution in [0.25, 0.3) is 21.5 Å². The van der Waals surface area contributed by atoms with Gasteiger partial charge in [-0.3, -0.25) is 0 Å². The largest absolute Gasteiger partial charge is 0.744 e. The van der Waals surface area contributed by atoms with E-state index in [4.69, 9.17) is 0 Å². The quantitative estimate of drug-likeness (QED) is 0.202. The minimum atomic E-state index is -5.36. The van der Waals surface area contributed by atoms with E-state index >= 15 is 0 Å². The minimum absolute atomic E-state index is 0. The molecule has 0 radical (unpaired) electrons. The van der Waals surface area contributed by atoms with Gasteiger partial charge in [0.25, 0.3) is 0 Å². The zero-order valence-electron chi connectivity index (χ0n) is 20.0. The Balaban J connectivity index is 0.00000241. The number of aromatic hydroxyl groups is 1. The number of benzene rings is 4. The number of azo groups is 1. The molecule has 4 rings (SSSR count). The van der Waals surface area contributed by atoms with Crippen LogP contribution in [0.5, 0.6) is 5.75 Å². The number of phenolic OH excluding ortho intramolecular Hbond substituents is 1. The van der Waals surface area contributed by atoms with Crippen LogP contribution in [-0.4, -0.2) is 44.0 Å². The lowest BCUT2D eigenvalue weighted by atomic mass is 10.1. The summed E-state index contributed by atoms with van der Waals surface area (Å²) in [5.41, 5.74) is -0.508. The first-order valence-corrected chi connectivity index (χ1v) is 13.5. The van der Waals surface area contributed by atoms with E-state index in [2.05, 4.69) is 10.2 Å². The molecular formula is C23H20N2O10S3. The summed E-state index contributed by atoms with van der Waals surface area (Å²) in [6, 6.07) is 11.3. The van der Waals surface area contributed by atoms with Crippen molar-refractivity contribution in [1.29, 1.82) is 0 Å². The lowest BCUT2D eigenvalue weighted by Gasteiger charge is -2.16. The van der Waals surface area contributed by atoms with Crippen molar-refractivity contribution >= 4 is 63.3 Å². The smallest absolute Gasteiger partial charge is 0.143 e. The molecule has 1 N–H and O–H groups in total. The van der Waals surface area contributed by atoms with Crippen LogP contribution in [0.4, 0.5) is 11.4 Å². The van der Waals surface area contributed by atoms with Gasteiger partial charge in [0.15, 0.2) is 0 Å². The Hall–Kier alpha value is -3.86. The van der Waals surface area contributed by atoms with E-state index in [9.17, 15) is 44.0 Å². The van der Waals surface area contributed by atoms with Crippen LogP contribution in [0.2, 0.25) is 0 Å². The Bertz CT molecular complexity index is 1880. The van der Waals surface area contributed by atoms with Crippen LogP contribution >= 0.6 is 0 Å². The van der Waals surface area contributed by atoms with Crippen LogP contribution in [0.3, 0.4) is 0 Å². The summed E-state index contributed by atoms with van der Waals surface area (Å²) >= 11 is 0. The zero-order valence-corrected chi connectivity index (χ0v) is 22.5. The molecule has 4 aromatic carbocycles. The van der Waals surface area contributed by atoms with E-state index in [1.165, 1.54) is 24.3 Å². The molecule has 0 aliphatic rings. The molecule has 0 heterocycles. The lowest BCUT2D eigenvalue weighted by molar-refractivity contribution is 0.459. The molecule has 0 aliphatic heterocycles. The van der Waals surface area contributed by atoms with Crippen molar-refractivity contribution in [2.75, 3.05) is 0 Å². The summed E-state index contributed by atoms with van der Waals surface area (Å²) in [6.07, 6.45) is 0. The summed E-state index contributed by atoms with van der Waals surface area (Å²) in [5, 5.41) is 17.6. The van der Waals surface area contributed by atoms with Crippen LogP contribution in [0.1, 0.15) is 0 Å². The highest BCUT2D eigenvalue weighted by molar-refractivity contribution is 7.86. The van der Waals surface area contributed by atoms with Crippen molar-refractivity contribution in [2.45, 2.75) is 14.7 Å². The van der Waals surface area contributed by atoms with Gasteiger partial charge in [-0.2, -0.15) is 0 Å². The third kappa shape index (κ3) is 5.99. The minimum Gasteiger partial charge on any atom is -0.744 e. The van der Waals surface area contributed by atoms with Crippen molar-refractivity contribution in [2.24, 2.45) is 10.2 Å². The second-order valence-electron chi connectivity index (χ2n) is 7.14. The van der Waals surface area contributed by atoms with Crippen LogP contribution < -0.4 is 0 Å². The van der Waals surface area contributed by atoms with E-state index in [0.29, 0.717) is 6.07 Å². The summed E-state index contributed by atoms with van der Waals surface area (Å²) in [7, 11) is -15.3. The summed E-state index contributed by atoms with van der Waals surface area (Å²) in [5.74, 6) is -0.632. The monoisotopic (exact) mass is 580 g/mol. The third-order valence-electron chi connectivity index (χ3n) is 4.95. The van der Waals surface area contributed by atoms with Crippen LogP contribution in [0, 0.1) is 22.3 Å². The predicted molar refractivity (Wildman–Crippen MR) is 137 cm³/mol. The van der Waals surface area contributed by atoms with E-state index in [-0.39, 0.29) is 44.1 Å². The fraction of sp³-hybridized carbons (Fsp3) is 0. The molecule has 4 aromatic rings. The van der Waals surface area contributed by atoms with Gasteiger partial charge in [0.1, 0.15) is 41.8 Å². The van der Waals surface area contributed by atoms with Crippen molar-refractivity contribution < 1.29 is 44.0 Å². The van der Waals surface area contributed by atoms with Crippen molar-refractivity contribution in [3.8, 4) is 5.75 Å². The molecule has 0 unspecified atom stereocenters. The Morgan fingerprint density at radius 3 is 1.76 bits per heavy atom. The summed E-state index contributed by atoms with van der Waals surface area (Å²) in [4.78, 5) is -2.61. The Morgan fingerprint density at radius 2 is 1.21 bits per heavy atom. The zero-order chi connectivity index (χ0) is 25.8. The molecule has 0 aliphatic carbocycles. The number of fused-ring (bicyclic) bond motifs is 2. The highest BCUT2D eigenvalue weighted by atomic mass is 32.2. The second kappa shape index (κ2) is 10.9. The molecular weight excluding hydrogens is 560 g/mol. The van der Waals surface area contributed by atoms with Gasteiger partial charge in [-0.1, -0.05) is 30.3 Å². The first-order valence-electron chi connectivity index (χ1n) is 9.29. The van der Waals surface area contributed by atoms with Crippen LogP contribution in [-0.2, 0) is 30.4 Å². The maximum atomic E-state index is 11.9. The Morgan fingerprint density at radius 1 is 0.632 bits per heavy atom. The molecule has 38 heavy (non-hydrogen) atoms. The number of nitrogens with zero attached hydrogens (tertiary/aromatic N) is 2. The van der Waals surface area contributed by atoms with Gasteiger partial charge < -0.3 is 18.8 Å². The predicted octanol–water partition coefficient (Wildman–Crippen LogP) is 4.18. The molecule has 0 bridgehead atoms. The molecule has 0 aromatic heterocycles. The molecule has 12 nitrogen and oxygen atoms in total. The number of rotatable bonds is 5. The van der Waals surface area contributed by atoms with Gasteiger partial charge in [0, 0.05) is 38.4 Å². The average molecular weight is 581 g/mol. The van der Waals surface area contributed by atoms with Crippen LogP contribution in [0.15, 0.2) is 85.6 Å². The second-order valence-corrected chi connectivity index (χ2v) is 11.2. The van der Waals surface area contributed by atoms with Gasteiger partial charge in [0.2, 0.25) is 0 Å². The normalized spacial score (nSPS) is 12.1. The fourth-order valence-corrected chi connectivity index (χ4v) is 5.50. The fourth-order valence-electron chi connectivity index (χ4n) is 3.48. The average Bonchev–Trinajstić information content (AvgIpc) is 2.75. The highest BCUT2D eigenvalue weighted by Crippen LogP contribution is 2.41.